The number of anilines is 1. The molecule has 0 aromatic heterocycles. The summed E-state index contributed by atoms with van der Waals surface area (Å²) in [6, 6.07) is 6.74. The van der Waals surface area contributed by atoms with Crippen LogP contribution in [0.15, 0.2) is 88.6 Å². The van der Waals surface area contributed by atoms with Gasteiger partial charge in [0.25, 0.3) is 0 Å². The van der Waals surface area contributed by atoms with Crippen LogP contribution in [0.2, 0.25) is 5.02 Å². The Kier molecular flexibility index (Phi) is 11.0. The molecule has 1 heterocycles. The second-order valence-corrected chi connectivity index (χ2v) is 9.87. The third kappa shape index (κ3) is 8.38. The van der Waals surface area contributed by atoms with Gasteiger partial charge in [-0.25, -0.2) is 9.79 Å². The first-order valence-corrected chi connectivity index (χ1v) is 12.6. The normalized spacial score (nSPS) is 16.8. The van der Waals surface area contributed by atoms with Crippen molar-refractivity contribution in [3.8, 4) is 0 Å². The number of carbonyl (C=O) groups is 2. The summed E-state index contributed by atoms with van der Waals surface area (Å²) in [5.74, 6) is -0.152. The maximum atomic E-state index is 13.2. The minimum absolute atomic E-state index is 0.0563. The lowest BCUT2D eigenvalue weighted by Gasteiger charge is -2.35. The molecule has 0 saturated carbocycles. The smallest absolute Gasteiger partial charge is 0.326 e. The Morgan fingerprint density at radius 2 is 2.03 bits per heavy atom. The average Bonchev–Trinajstić information content (AvgIpc) is 2.88. The number of halogens is 1. The second kappa shape index (κ2) is 13.7. The number of allylic oxidation sites excluding steroid dienone is 7. The van der Waals surface area contributed by atoms with Crippen molar-refractivity contribution < 1.29 is 24.2 Å². The van der Waals surface area contributed by atoms with Gasteiger partial charge < -0.3 is 19.9 Å². The molecule has 38 heavy (non-hydrogen) atoms. The fourth-order valence-corrected chi connectivity index (χ4v) is 3.46. The van der Waals surface area contributed by atoms with E-state index in [1.165, 1.54) is 0 Å². The third-order valence-electron chi connectivity index (χ3n) is 5.94. The standard InChI is InChI=1S/C29H36ClN3O5/c1-8-22-17-33(28(36)32-24-12-10-9-11-23(24)30)25(21(4)38-22)15-13-19(2)20(3)14-16-26(31-7)37-18-29(5,6)27(34)35/h9-16,22H,2,7-8,17-18H2,1,3-6H3,(H,32,36)(H,34,35). The zero-order valence-corrected chi connectivity index (χ0v) is 23.3. The molecule has 8 nitrogen and oxygen atoms in total. The first-order valence-electron chi connectivity index (χ1n) is 12.2. The number of carbonyl (C=O) groups excluding carboxylic acids is 1. The van der Waals surface area contributed by atoms with E-state index in [1.54, 1.807) is 67.3 Å². The van der Waals surface area contributed by atoms with Gasteiger partial charge in [0.1, 0.15) is 18.5 Å². The van der Waals surface area contributed by atoms with Crippen molar-refractivity contribution in [1.82, 2.24) is 4.90 Å². The first-order chi connectivity index (χ1) is 17.9. The van der Waals surface area contributed by atoms with E-state index in [-0.39, 0.29) is 24.6 Å². The van der Waals surface area contributed by atoms with Gasteiger partial charge in [0.05, 0.1) is 28.4 Å². The molecule has 0 radical (unpaired) electrons. The maximum absolute atomic E-state index is 13.2. The molecule has 0 bridgehead atoms. The van der Waals surface area contributed by atoms with Crippen molar-refractivity contribution in [2.45, 2.75) is 47.1 Å². The molecule has 1 aliphatic heterocycles. The second-order valence-electron chi connectivity index (χ2n) is 9.46. The lowest BCUT2D eigenvalue weighted by molar-refractivity contribution is -0.149. The van der Waals surface area contributed by atoms with Crippen LogP contribution in [-0.4, -0.2) is 48.0 Å². The van der Waals surface area contributed by atoms with E-state index < -0.39 is 11.4 Å². The molecular weight excluding hydrogens is 506 g/mol. The van der Waals surface area contributed by atoms with Crippen molar-refractivity contribution in [2.75, 3.05) is 18.5 Å². The molecule has 0 saturated heterocycles. The number of ether oxygens (including phenoxy) is 2. The molecule has 2 rings (SSSR count). The number of urea groups is 1. The van der Waals surface area contributed by atoms with Crippen molar-refractivity contribution >= 4 is 36.0 Å². The highest BCUT2D eigenvalue weighted by Gasteiger charge is 2.29. The van der Waals surface area contributed by atoms with Gasteiger partial charge in [-0.2, -0.15) is 0 Å². The topological polar surface area (TPSA) is 100 Å². The number of nitrogens with zero attached hydrogens (tertiary/aromatic N) is 2. The lowest BCUT2D eigenvalue weighted by Crippen LogP contribution is -2.43. The molecule has 0 spiro atoms. The van der Waals surface area contributed by atoms with Gasteiger partial charge in [-0.05, 0) is 70.2 Å². The first kappa shape index (κ1) is 30.4. The van der Waals surface area contributed by atoms with Gasteiger partial charge in [0.2, 0.25) is 5.88 Å². The van der Waals surface area contributed by atoms with E-state index in [2.05, 4.69) is 23.6 Å². The zero-order valence-electron chi connectivity index (χ0n) is 22.6. The minimum Gasteiger partial charge on any atom is -0.491 e. The van der Waals surface area contributed by atoms with Crippen molar-refractivity contribution in [2.24, 2.45) is 10.4 Å². The number of hydrogen-bond donors (Lipinski definition) is 2. The highest BCUT2D eigenvalue weighted by molar-refractivity contribution is 6.33. The van der Waals surface area contributed by atoms with Gasteiger partial charge in [-0.3, -0.25) is 9.69 Å². The Labute approximate surface area is 229 Å². The van der Waals surface area contributed by atoms with E-state index in [9.17, 15) is 14.7 Å². The van der Waals surface area contributed by atoms with Crippen LogP contribution in [0.25, 0.3) is 0 Å². The maximum Gasteiger partial charge on any atom is 0.326 e. The van der Waals surface area contributed by atoms with Crippen LogP contribution in [0.4, 0.5) is 10.5 Å². The van der Waals surface area contributed by atoms with Gasteiger partial charge in [0, 0.05) is 6.08 Å². The van der Waals surface area contributed by atoms with E-state index >= 15 is 0 Å². The van der Waals surface area contributed by atoms with Crippen molar-refractivity contribution in [1.29, 1.82) is 0 Å². The van der Waals surface area contributed by atoms with Crippen molar-refractivity contribution in [3.63, 3.8) is 0 Å². The SMILES string of the molecule is C=NC(=CC=C(C)C(=C)C=CC1=C(C)OC(CC)CN1C(=O)Nc1ccccc1Cl)OCC(C)(C)C(=O)O. The molecule has 1 atom stereocenters. The highest BCUT2D eigenvalue weighted by Crippen LogP contribution is 2.27. The van der Waals surface area contributed by atoms with Crippen LogP contribution in [0.1, 0.15) is 41.0 Å². The number of benzene rings is 1. The summed E-state index contributed by atoms with van der Waals surface area (Å²) >= 11 is 6.23. The summed E-state index contributed by atoms with van der Waals surface area (Å²) in [5, 5.41) is 12.6. The van der Waals surface area contributed by atoms with Crippen LogP contribution in [-0.2, 0) is 14.3 Å². The van der Waals surface area contributed by atoms with E-state index in [0.717, 1.165) is 12.0 Å². The van der Waals surface area contributed by atoms with E-state index in [1.807, 2.05) is 20.8 Å². The number of hydrogen-bond acceptors (Lipinski definition) is 5. The summed E-state index contributed by atoms with van der Waals surface area (Å²) < 4.78 is 11.5. The van der Waals surface area contributed by atoms with E-state index in [0.29, 0.717) is 34.3 Å². The fraction of sp³-hybridized carbons (Fsp3) is 0.345. The molecular formula is C29H36ClN3O5. The summed E-state index contributed by atoms with van der Waals surface area (Å²) in [5.41, 5.74) is 1.55. The number of carboxylic acids is 1. The summed E-state index contributed by atoms with van der Waals surface area (Å²) in [4.78, 5) is 30.0. The number of carboxylic acid groups (broad SMARTS) is 1. The Bertz CT molecular complexity index is 1200. The number of para-hydroxylation sites is 1. The zero-order chi connectivity index (χ0) is 28.5. The van der Waals surface area contributed by atoms with E-state index in [4.69, 9.17) is 21.1 Å². The molecule has 1 aromatic rings. The van der Waals surface area contributed by atoms with Gasteiger partial charge >= 0.3 is 12.0 Å². The summed E-state index contributed by atoms with van der Waals surface area (Å²) in [7, 11) is 0. The van der Waals surface area contributed by atoms with Crippen LogP contribution < -0.4 is 5.32 Å². The quantitative estimate of drug-likeness (QED) is 0.179. The molecule has 0 fully saturated rings. The van der Waals surface area contributed by atoms with Crippen molar-refractivity contribution in [3.05, 3.63) is 88.7 Å². The van der Waals surface area contributed by atoms with Crippen LogP contribution in [0.5, 0.6) is 0 Å². The Hall–Kier alpha value is -3.78. The largest absolute Gasteiger partial charge is 0.491 e. The molecule has 204 valence electrons. The number of aliphatic carboxylic acids is 1. The molecule has 1 aliphatic rings. The number of aliphatic imine (C=N–C) groups is 1. The monoisotopic (exact) mass is 541 g/mol. The third-order valence-corrected chi connectivity index (χ3v) is 6.27. The van der Waals surface area contributed by atoms with Crippen LogP contribution >= 0.6 is 11.6 Å². The summed E-state index contributed by atoms with van der Waals surface area (Å²) in [6.45, 7) is 16.7. The average molecular weight is 542 g/mol. The van der Waals surface area contributed by atoms with Crippen LogP contribution in [0, 0.1) is 5.41 Å². The minimum atomic E-state index is -1.07. The molecule has 1 unspecified atom stereocenters. The van der Waals surface area contributed by atoms with Gasteiger partial charge in [-0.15, -0.1) is 0 Å². The number of nitrogens with one attached hydrogen (secondary N) is 1. The number of amides is 2. The van der Waals surface area contributed by atoms with Gasteiger partial charge in [0.15, 0.2) is 0 Å². The number of rotatable bonds is 11. The lowest BCUT2D eigenvalue weighted by atomic mass is 9.95. The predicted molar refractivity (Wildman–Crippen MR) is 152 cm³/mol. The van der Waals surface area contributed by atoms with Gasteiger partial charge in [-0.1, -0.05) is 49.4 Å². The predicted octanol–water partition coefficient (Wildman–Crippen LogP) is 6.94. The molecule has 2 N–H and O–H groups in total. The molecule has 9 heteroatoms. The molecule has 0 aliphatic carbocycles. The Balaban J connectivity index is 2.20. The fourth-order valence-electron chi connectivity index (χ4n) is 3.27. The molecule has 2 amide bonds. The highest BCUT2D eigenvalue weighted by atomic mass is 35.5. The summed E-state index contributed by atoms with van der Waals surface area (Å²) in [6.07, 6.45) is 7.54. The Morgan fingerprint density at radius 1 is 1.34 bits per heavy atom. The Morgan fingerprint density at radius 3 is 2.63 bits per heavy atom. The molecule has 1 aromatic carbocycles. The van der Waals surface area contributed by atoms with Crippen LogP contribution in [0.3, 0.4) is 0 Å².